The summed E-state index contributed by atoms with van der Waals surface area (Å²) in [7, 11) is 0. The first kappa shape index (κ1) is 19.7. The van der Waals surface area contributed by atoms with Crippen LogP contribution in [0.25, 0.3) is 11.4 Å². The highest BCUT2D eigenvalue weighted by Gasteiger charge is 2.28. The van der Waals surface area contributed by atoms with Gasteiger partial charge in [0.05, 0.1) is 17.2 Å². The summed E-state index contributed by atoms with van der Waals surface area (Å²) >= 11 is 1.18. The number of hydrogen-bond acceptors (Lipinski definition) is 7. The van der Waals surface area contributed by atoms with Gasteiger partial charge in [-0.2, -0.15) is 13.2 Å². The second kappa shape index (κ2) is 8.31. The standard InChI is InChI=1S/C17H14F3N5O2S/c18-17(19,20)9-23-15(27)10-4-6-22-13(7-10)24-16-25-14(12(8-26)28-16)11-3-1-2-5-21-11/h1-7,26H,8-9H2,(H,23,27)(H,22,24,25). The number of alkyl halides is 3. The Hall–Kier alpha value is -3.05. The van der Waals surface area contributed by atoms with Crippen LogP contribution in [0.4, 0.5) is 24.1 Å². The van der Waals surface area contributed by atoms with Crippen molar-refractivity contribution in [3.63, 3.8) is 0 Å². The summed E-state index contributed by atoms with van der Waals surface area (Å²) in [5, 5.41) is 14.6. The number of aromatic nitrogens is 3. The Balaban J connectivity index is 1.77. The molecule has 0 unspecified atom stereocenters. The lowest BCUT2D eigenvalue weighted by Crippen LogP contribution is -2.33. The number of amides is 1. The molecule has 0 aromatic carbocycles. The molecule has 28 heavy (non-hydrogen) atoms. The maximum Gasteiger partial charge on any atom is 0.405 e. The number of pyridine rings is 2. The van der Waals surface area contributed by atoms with E-state index in [9.17, 15) is 23.1 Å². The largest absolute Gasteiger partial charge is 0.405 e. The monoisotopic (exact) mass is 409 g/mol. The van der Waals surface area contributed by atoms with Crippen LogP contribution in [0.5, 0.6) is 0 Å². The number of nitrogens with zero attached hydrogens (tertiary/aromatic N) is 3. The van der Waals surface area contributed by atoms with Crippen molar-refractivity contribution in [2.24, 2.45) is 0 Å². The summed E-state index contributed by atoms with van der Waals surface area (Å²) in [6, 6.07) is 7.92. The van der Waals surface area contributed by atoms with Gasteiger partial charge in [-0.3, -0.25) is 9.78 Å². The first-order valence-corrected chi connectivity index (χ1v) is 8.77. The van der Waals surface area contributed by atoms with Crippen LogP contribution in [0.3, 0.4) is 0 Å². The number of thiazole rings is 1. The van der Waals surface area contributed by atoms with Crippen LogP contribution in [0.2, 0.25) is 0 Å². The lowest BCUT2D eigenvalue weighted by Gasteiger charge is -2.09. The molecule has 3 aromatic rings. The first-order chi connectivity index (χ1) is 13.4. The fraction of sp³-hybridized carbons (Fsp3) is 0.176. The van der Waals surface area contributed by atoms with Crippen molar-refractivity contribution in [2.75, 3.05) is 11.9 Å². The minimum Gasteiger partial charge on any atom is -0.391 e. The van der Waals surface area contributed by atoms with E-state index in [1.807, 2.05) is 0 Å². The molecule has 0 fully saturated rings. The van der Waals surface area contributed by atoms with Gasteiger partial charge in [-0.1, -0.05) is 17.4 Å². The summed E-state index contributed by atoms with van der Waals surface area (Å²) < 4.78 is 36.7. The molecule has 7 nitrogen and oxygen atoms in total. The zero-order valence-corrected chi connectivity index (χ0v) is 15.0. The van der Waals surface area contributed by atoms with E-state index in [1.54, 1.807) is 29.7 Å². The molecule has 0 aliphatic carbocycles. The SMILES string of the molecule is O=C(NCC(F)(F)F)c1ccnc(Nc2nc(-c3ccccn3)c(CO)s2)c1. The molecule has 0 atom stereocenters. The van der Waals surface area contributed by atoms with E-state index in [4.69, 9.17) is 0 Å². The van der Waals surface area contributed by atoms with Crippen LogP contribution in [-0.4, -0.2) is 38.7 Å². The highest BCUT2D eigenvalue weighted by Crippen LogP contribution is 2.31. The van der Waals surface area contributed by atoms with E-state index in [0.29, 0.717) is 21.4 Å². The summed E-state index contributed by atoms with van der Waals surface area (Å²) in [4.78, 5) is 25.1. The Bertz CT molecular complexity index is 963. The van der Waals surface area contributed by atoms with E-state index >= 15 is 0 Å². The second-order valence-electron chi connectivity index (χ2n) is 5.52. The highest BCUT2D eigenvalue weighted by molar-refractivity contribution is 7.16. The van der Waals surface area contributed by atoms with E-state index in [0.717, 1.165) is 0 Å². The molecule has 0 bridgehead atoms. The summed E-state index contributed by atoms with van der Waals surface area (Å²) in [5.41, 5.74) is 1.12. The predicted molar refractivity (Wildman–Crippen MR) is 97.2 cm³/mol. The molecule has 3 N–H and O–H groups in total. The molecule has 0 aliphatic heterocycles. The number of nitrogens with one attached hydrogen (secondary N) is 2. The Morgan fingerprint density at radius 2 is 2.00 bits per heavy atom. The quantitative estimate of drug-likeness (QED) is 0.579. The maximum atomic E-state index is 12.2. The topological polar surface area (TPSA) is 100 Å². The van der Waals surface area contributed by atoms with Crippen LogP contribution >= 0.6 is 11.3 Å². The molecule has 0 aliphatic rings. The molecule has 0 spiro atoms. The molecular weight excluding hydrogens is 395 g/mol. The summed E-state index contributed by atoms with van der Waals surface area (Å²) in [6.45, 7) is -1.66. The number of aliphatic hydroxyl groups is 1. The molecule has 0 saturated heterocycles. The zero-order chi connectivity index (χ0) is 20.1. The molecule has 3 heterocycles. The van der Waals surface area contributed by atoms with Crippen LogP contribution in [0.15, 0.2) is 42.7 Å². The third-order valence-corrected chi connectivity index (χ3v) is 4.41. The van der Waals surface area contributed by atoms with Crippen molar-refractivity contribution in [2.45, 2.75) is 12.8 Å². The summed E-state index contributed by atoms with van der Waals surface area (Å²) in [6.07, 6.45) is -1.59. The van der Waals surface area contributed by atoms with Gasteiger partial charge in [-0.25, -0.2) is 9.97 Å². The van der Waals surface area contributed by atoms with E-state index in [1.165, 1.54) is 29.7 Å². The fourth-order valence-corrected chi connectivity index (χ4v) is 3.08. The number of carbonyl (C=O) groups is 1. The van der Waals surface area contributed by atoms with Crippen molar-refractivity contribution in [3.05, 3.63) is 53.2 Å². The van der Waals surface area contributed by atoms with Gasteiger partial charge in [-0.15, -0.1) is 0 Å². The van der Waals surface area contributed by atoms with Gasteiger partial charge >= 0.3 is 6.18 Å². The van der Waals surface area contributed by atoms with Crippen LogP contribution in [0, 0.1) is 0 Å². The van der Waals surface area contributed by atoms with Gasteiger partial charge in [0.25, 0.3) is 5.91 Å². The average Bonchev–Trinajstić information content (AvgIpc) is 3.09. The first-order valence-electron chi connectivity index (χ1n) is 7.96. The molecule has 11 heteroatoms. The molecule has 1 amide bonds. The lowest BCUT2D eigenvalue weighted by molar-refractivity contribution is -0.123. The van der Waals surface area contributed by atoms with Gasteiger partial charge in [0, 0.05) is 18.0 Å². The van der Waals surface area contributed by atoms with Crippen LogP contribution in [0.1, 0.15) is 15.2 Å². The molecule has 146 valence electrons. The highest BCUT2D eigenvalue weighted by atomic mass is 32.1. The number of anilines is 2. The number of carbonyl (C=O) groups excluding carboxylic acids is 1. The Kier molecular flexibility index (Phi) is 5.85. The third-order valence-electron chi connectivity index (χ3n) is 3.45. The van der Waals surface area contributed by atoms with Gasteiger partial charge in [0.2, 0.25) is 0 Å². The zero-order valence-electron chi connectivity index (χ0n) is 14.2. The molecule has 0 saturated carbocycles. The third kappa shape index (κ3) is 5.02. The molecule has 3 rings (SSSR count). The maximum absolute atomic E-state index is 12.2. The van der Waals surface area contributed by atoms with Gasteiger partial charge in [0.1, 0.15) is 18.1 Å². The molecule has 0 radical (unpaired) electrons. The summed E-state index contributed by atoms with van der Waals surface area (Å²) in [5.74, 6) is -0.641. The van der Waals surface area contributed by atoms with E-state index in [-0.39, 0.29) is 18.0 Å². The molecular formula is C17H14F3N5O2S. The van der Waals surface area contributed by atoms with Gasteiger partial charge in [0.15, 0.2) is 5.13 Å². The number of hydrogen-bond donors (Lipinski definition) is 3. The molecule has 3 aromatic heterocycles. The van der Waals surface area contributed by atoms with Crippen molar-refractivity contribution in [1.82, 2.24) is 20.3 Å². The van der Waals surface area contributed by atoms with Crippen LogP contribution in [-0.2, 0) is 6.61 Å². The van der Waals surface area contributed by atoms with Crippen LogP contribution < -0.4 is 10.6 Å². The van der Waals surface area contributed by atoms with Gasteiger partial charge in [-0.05, 0) is 24.3 Å². The van der Waals surface area contributed by atoms with Crippen molar-refractivity contribution < 1.29 is 23.1 Å². The minimum absolute atomic E-state index is 0.0191. The Morgan fingerprint density at radius 1 is 1.18 bits per heavy atom. The van der Waals surface area contributed by atoms with E-state index in [2.05, 4.69) is 20.3 Å². The number of halogens is 3. The lowest BCUT2D eigenvalue weighted by atomic mass is 10.2. The average molecular weight is 409 g/mol. The van der Waals surface area contributed by atoms with Crippen molar-refractivity contribution >= 4 is 28.2 Å². The normalized spacial score (nSPS) is 11.3. The number of rotatable bonds is 6. The number of aliphatic hydroxyl groups excluding tert-OH is 1. The second-order valence-corrected chi connectivity index (χ2v) is 6.60. The van der Waals surface area contributed by atoms with Gasteiger partial charge < -0.3 is 15.7 Å². The smallest absolute Gasteiger partial charge is 0.391 e. The Morgan fingerprint density at radius 3 is 2.68 bits per heavy atom. The van der Waals surface area contributed by atoms with E-state index < -0.39 is 18.6 Å². The minimum atomic E-state index is -4.49. The predicted octanol–water partition coefficient (Wildman–Crippen LogP) is 3.13. The van der Waals surface area contributed by atoms with Crippen molar-refractivity contribution in [1.29, 1.82) is 0 Å². The Labute approximate surface area is 161 Å². The fourth-order valence-electron chi connectivity index (χ4n) is 2.25. The van der Waals surface area contributed by atoms with Crippen molar-refractivity contribution in [3.8, 4) is 11.4 Å².